The molecule has 2 heterocycles. The molecule has 0 bridgehead atoms. The molecule has 28 heavy (non-hydrogen) atoms. The molecule has 0 radical (unpaired) electrons. The summed E-state index contributed by atoms with van der Waals surface area (Å²) in [7, 11) is -3.10. The zero-order valence-electron chi connectivity index (χ0n) is 14.9. The molecule has 1 aromatic heterocycles. The second-order valence-corrected chi connectivity index (χ2v) is 9.94. The average Bonchev–Trinajstić information content (AvgIpc) is 3.20. The SMILES string of the molecule is O=C(NC1CCS(=O)(=O)C1)c1oc2ccccc2c1CSc1ccccc1F. The van der Waals surface area contributed by atoms with Crippen LogP contribution >= 0.6 is 11.8 Å². The number of benzene rings is 2. The molecule has 8 heteroatoms. The summed E-state index contributed by atoms with van der Waals surface area (Å²) in [6.45, 7) is 0. The van der Waals surface area contributed by atoms with Crippen LogP contribution in [0.25, 0.3) is 11.0 Å². The monoisotopic (exact) mass is 419 g/mol. The van der Waals surface area contributed by atoms with Crippen molar-refractivity contribution in [3.8, 4) is 0 Å². The summed E-state index contributed by atoms with van der Waals surface area (Å²) in [4.78, 5) is 13.3. The van der Waals surface area contributed by atoms with E-state index in [9.17, 15) is 17.6 Å². The molecule has 1 aliphatic rings. The van der Waals surface area contributed by atoms with Crippen LogP contribution in [0.1, 0.15) is 22.5 Å². The van der Waals surface area contributed by atoms with Crippen molar-refractivity contribution in [3.05, 3.63) is 65.7 Å². The first-order valence-electron chi connectivity index (χ1n) is 8.82. The fourth-order valence-corrected chi connectivity index (χ4v) is 5.94. The van der Waals surface area contributed by atoms with Gasteiger partial charge in [-0.3, -0.25) is 4.79 Å². The normalized spacial score (nSPS) is 18.4. The van der Waals surface area contributed by atoms with Crippen LogP contribution in [0.2, 0.25) is 0 Å². The number of carbonyl (C=O) groups is 1. The van der Waals surface area contributed by atoms with E-state index in [0.29, 0.717) is 28.2 Å². The number of para-hydroxylation sites is 1. The Morgan fingerprint density at radius 3 is 2.68 bits per heavy atom. The van der Waals surface area contributed by atoms with E-state index in [1.54, 1.807) is 24.3 Å². The Kier molecular flexibility index (Phi) is 5.16. The number of thioether (sulfide) groups is 1. The van der Waals surface area contributed by atoms with Gasteiger partial charge in [0.2, 0.25) is 0 Å². The molecular formula is C20H18FNO4S2. The van der Waals surface area contributed by atoms with Crippen molar-refractivity contribution in [2.24, 2.45) is 0 Å². The van der Waals surface area contributed by atoms with Crippen molar-refractivity contribution in [1.82, 2.24) is 5.32 Å². The van der Waals surface area contributed by atoms with E-state index >= 15 is 0 Å². The molecule has 1 unspecified atom stereocenters. The maximum absolute atomic E-state index is 14.0. The number of nitrogens with one attached hydrogen (secondary N) is 1. The summed E-state index contributed by atoms with van der Waals surface area (Å²) in [5, 5.41) is 3.55. The molecule has 1 saturated heterocycles. The van der Waals surface area contributed by atoms with Crippen LogP contribution in [0, 0.1) is 5.82 Å². The van der Waals surface area contributed by atoms with E-state index in [-0.39, 0.29) is 23.1 Å². The number of amides is 1. The van der Waals surface area contributed by atoms with Gasteiger partial charge in [0, 0.05) is 27.6 Å². The quantitative estimate of drug-likeness (QED) is 0.637. The standard InChI is InChI=1S/C20H18FNO4S2/c21-16-6-2-4-8-18(16)27-11-15-14-5-1-3-7-17(14)26-19(15)20(23)22-13-9-10-28(24,25)12-13/h1-8,13H,9-12H2,(H,22,23). The second-order valence-electron chi connectivity index (χ2n) is 6.70. The largest absolute Gasteiger partial charge is 0.451 e. The third kappa shape index (κ3) is 3.93. The molecule has 1 amide bonds. The Bertz CT molecular complexity index is 1140. The average molecular weight is 419 g/mol. The van der Waals surface area contributed by atoms with E-state index in [4.69, 9.17) is 4.42 Å². The summed E-state index contributed by atoms with van der Waals surface area (Å²) in [6, 6.07) is 13.3. The number of hydrogen-bond donors (Lipinski definition) is 1. The molecule has 1 N–H and O–H groups in total. The molecule has 5 nitrogen and oxygen atoms in total. The lowest BCUT2D eigenvalue weighted by Crippen LogP contribution is -2.35. The molecule has 146 valence electrons. The number of fused-ring (bicyclic) bond motifs is 1. The second kappa shape index (κ2) is 7.60. The van der Waals surface area contributed by atoms with E-state index in [1.807, 2.05) is 18.2 Å². The van der Waals surface area contributed by atoms with Crippen LogP contribution < -0.4 is 5.32 Å². The van der Waals surface area contributed by atoms with E-state index in [2.05, 4.69) is 5.32 Å². The lowest BCUT2D eigenvalue weighted by atomic mass is 10.1. The highest BCUT2D eigenvalue weighted by atomic mass is 32.2. The van der Waals surface area contributed by atoms with Crippen molar-refractivity contribution in [2.75, 3.05) is 11.5 Å². The number of rotatable bonds is 5. The first-order chi connectivity index (χ1) is 13.4. The van der Waals surface area contributed by atoms with Crippen LogP contribution in [0.15, 0.2) is 57.8 Å². The smallest absolute Gasteiger partial charge is 0.287 e. The molecule has 3 aromatic rings. The van der Waals surface area contributed by atoms with Crippen LogP contribution in [-0.2, 0) is 15.6 Å². The third-order valence-electron chi connectivity index (χ3n) is 4.68. The predicted octanol–water partition coefficient (Wildman–Crippen LogP) is 3.78. The van der Waals surface area contributed by atoms with Crippen molar-refractivity contribution < 1.29 is 22.0 Å². The fraction of sp³-hybridized carbons (Fsp3) is 0.250. The molecule has 0 spiro atoms. The number of sulfone groups is 1. The van der Waals surface area contributed by atoms with Crippen LogP contribution in [0.5, 0.6) is 0 Å². The third-order valence-corrected chi connectivity index (χ3v) is 7.52. The molecule has 0 saturated carbocycles. The zero-order chi connectivity index (χ0) is 19.7. The summed E-state index contributed by atoms with van der Waals surface area (Å²) < 4.78 is 43.0. The van der Waals surface area contributed by atoms with Gasteiger partial charge in [0.05, 0.1) is 11.5 Å². The van der Waals surface area contributed by atoms with Crippen molar-refractivity contribution >= 4 is 38.5 Å². The number of furan rings is 1. The van der Waals surface area contributed by atoms with Gasteiger partial charge in [-0.15, -0.1) is 11.8 Å². The van der Waals surface area contributed by atoms with Gasteiger partial charge in [-0.2, -0.15) is 0 Å². The maximum atomic E-state index is 14.0. The van der Waals surface area contributed by atoms with E-state index < -0.39 is 21.8 Å². The first kappa shape index (κ1) is 19.0. The maximum Gasteiger partial charge on any atom is 0.287 e. The molecule has 2 aromatic carbocycles. The van der Waals surface area contributed by atoms with Crippen molar-refractivity contribution in [2.45, 2.75) is 23.1 Å². The van der Waals surface area contributed by atoms with Gasteiger partial charge in [0.25, 0.3) is 5.91 Å². The van der Waals surface area contributed by atoms with E-state index in [1.165, 1.54) is 17.8 Å². The van der Waals surface area contributed by atoms with Crippen molar-refractivity contribution in [3.63, 3.8) is 0 Å². The van der Waals surface area contributed by atoms with Gasteiger partial charge in [0.1, 0.15) is 11.4 Å². The molecule has 4 rings (SSSR count). The van der Waals surface area contributed by atoms with Crippen LogP contribution in [0.3, 0.4) is 0 Å². The lowest BCUT2D eigenvalue weighted by molar-refractivity contribution is 0.0914. The van der Waals surface area contributed by atoms with Crippen LogP contribution in [0.4, 0.5) is 4.39 Å². The minimum atomic E-state index is -3.10. The molecule has 1 fully saturated rings. The molecular weight excluding hydrogens is 401 g/mol. The molecule has 1 atom stereocenters. The summed E-state index contributed by atoms with van der Waals surface area (Å²) >= 11 is 1.28. The van der Waals surface area contributed by atoms with Crippen LogP contribution in [-0.4, -0.2) is 31.9 Å². The first-order valence-corrected chi connectivity index (χ1v) is 11.6. The number of carbonyl (C=O) groups excluding carboxylic acids is 1. The highest BCUT2D eigenvalue weighted by molar-refractivity contribution is 7.98. The Balaban J connectivity index is 1.61. The Hall–Kier alpha value is -2.32. The summed E-state index contributed by atoms with van der Waals surface area (Å²) in [6.07, 6.45) is 0.396. The van der Waals surface area contributed by atoms with Gasteiger partial charge < -0.3 is 9.73 Å². The number of hydrogen-bond acceptors (Lipinski definition) is 5. The number of halogens is 1. The highest BCUT2D eigenvalue weighted by Gasteiger charge is 2.31. The van der Waals surface area contributed by atoms with Gasteiger partial charge in [-0.1, -0.05) is 30.3 Å². The highest BCUT2D eigenvalue weighted by Crippen LogP contribution is 2.33. The summed E-state index contributed by atoms with van der Waals surface area (Å²) in [5.74, 6) is -0.241. The van der Waals surface area contributed by atoms with Gasteiger partial charge in [0.15, 0.2) is 15.6 Å². The lowest BCUT2D eigenvalue weighted by Gasteiger charge is -2.10. The molecule has 1 aliphatic heterocycles. The molecule has 0 aliphatic carbocycles. The minimum Gasteiger partial charge on any atom is -0.451 e. The summed E-state index contributed by atoms with van der Waals surface area (Å²) in [5.41, 5.74) is 1.23. The fourth-order valence-electron chi connectivity index (χ4n) is 3.30. The zero-order valence-corrected chi connectivity index (χ0v) is 16.5. The Morgan fingerprint density at radius 2 is 1.93 bits per heavy atom. The van der Waals surface area contributed by atoms with Gasteiger partial charge in [-0.05, 0) is 24.6 Å². The predicted molar refractivity (Wildman–Crippen MR) is 107 cm³/mol. The minimum absolute atomic E-state index is 0.0573. The Labute approximate surface area is 166 Å². The van der Waals surface area contributed by atoms with Gasteiger partial charge >= 0.3 is 0 Å². The van der Waals surface area contributed by atoms with Gasteiger partial charge in [-0.25, -0.2) is 12.8 Å². The topological polar surface area (TPSA) is 76.4 Å². The van der Waals surface area contributed by atoms with E-state index in [0.717, 1.165) is 5.39 Å². The Morgan fingerprint density at radius 1 is 1.18 bits per heavy atom. The van der Waals surface area contributed by atoms with Crippen molar-refractivity contribution in [1.29, 1.82) is 0 Å².